The van der Waals surface area contributed by atoms with Gasteiger partial charge in [0, 0.05) is 17.8 Å². The summed E-state index contributed by atoms with van der Waals surface area (Å²) in [6.07, 6.45) is -4.69. The highest BCUT2D eigenvalue weighted by Gasteiger charge is 2.34. The zero-order chi connectivity index (χ0) is 26.0. The Hall–Kier alpha value is -3.41. The van der Waals surface area contributed by atoms with Crippen LogP contribution in [0.2, 0.25) is 5.02 Å². The number of aromatic nitrogens is 2. The zero-order valence-corrected chi connectivity index (χ0v) is 20.6. The van der Waals surface area contributed by atoms with E-state index in [0.29, 0.717) is 26.8 Å². The number of benzene rings is 2. The van der Waals surface area contributed by atoms with Crippen LogP contribution in [-0.4, -0.2) is 27.7 Å². The van der Waals surface area contributed by atoms with Gasteiger partial charge in [0.2, 0.25) is 11.8 Å². The van der Waals surface area contributed by atoms with Crippen LogP contribution in [0.15, 0.2) is 48.5 Å². The number of fused-ring (bicyclic) bond motifs is 1. The molecule has 0 saturated heterocycles. The van der Waals surface area contributed by atoms with Gasteiger partial charge in [-0.2, -0.15) is 13.2 Å². The minimum atomic E-state index is -4.69. The minimum Gasteiger partial charge on any atom is -0.439 e. The molecule has 2 N–H and O–H groups in total. The number of pyridine rings is 1. The van der Waals surface area contributed by atoms with Gasteiger partial charge in [0.05, 0.1) is 16.1 Å². The fourth-order valence-electron chi connectivity index (χ4n) is 3.09. The molecule has 0 atom stereocenters. The van der Waals surface area contributed by atoms with Gasteiger partial charge in [-0.25, -0.2) is 9.97 Å². The third kappa shape index (κ3) is 5.69. The Morgan fingerprint density at radius 1 is 1.08 bits per heavy atom. The molecule has 0 aliphatic carbocycles. The summed E-state index contributed by atoms with van der Waals surface area (Å²) in [5.41, 5.74) is 0.127. The van der Waals surface area contributed by atoms with Crippen LogP contribution in [0.1, 0.15) is 21.5 Å². The molecule has 2 heterocycles. The number of amides is 2. The average Bonchev–Trinajstić information content (AvgIpc) is 3.21. The summed E-state index contributed by atoms with van der Waals surface area (Å²) in [5.74, 6) is -0.822. The van der Waals surface area contributed by atoms with Crippen molar-refractivity contribution in [1.29, 1.82) is 0 Å². The first kappa shape index (κ1) is 25.7. The van der Waals surface area contributed by atoms with E-state index in [1.165, 1.54) is 12.1 Å². The molecular formula is C23H15Cl2F3N4O3S. The molecule has 2 aromatic carbocycles. The second kappa shape index (κ2) is 10.3. The van der Waals surface area contributed by atoms with Gasteiger partial charge in [-0.05, 0) is 36.8 Å². The maximum atomic E-state index is 13.1. The van der Waals surface area contributed by atoms with Crippen LogP contribution >= 0.6 is 34.5 Å². The largest absolute Gasteiger partial charge is 0.439 e. The second-order valence-electron chi connectivity index (χ2n) is 7.38. The molecule has 186 valence electrons. The predicted octanol–water partition coefficient (Wildman–Crippen LogP) is 6.89. The number of aryl methyl sites for hydroxylation is 1. The third-order valence-electron chi connectivity index (χ3n) is 4.81. The van der Waals surface area contributed by atoms with Crippen LogP contribution in [0.5, 0.6) is 11.6 Å². The molecule has 0 radical (unpaired) electrons. The van der Waals surface area contributed by atoms with Crippen molar-refractivity contribution >= 4 is 67.5 Å². The number of ether oxygens (including phenoxy) is 1. The summed E-state index contributed by atoms with van der Waals surface area (Å²) in [6.45, 7) is 1.77. The number of anilines is 2. The number of hydrogen-bond donors (Lipinski definition) is 2. The topological polar surface area (TPSA) is 93.2 Å². The molecule has 2 aromatic heterocycles. The van der Waals surface area contributed by atoms with Crippen molar-refractivity contribution in [3.63, 3.8) is 0 Å². The lowest BCUT2D eigenvalue weighted by molar-refractivity contribution is -0.137. The van der Waals surface area contributed by atoms with Crippen LogP contribution in [0.4, 0.5) is 24.0 Å². The lowest BCUT2D eigenvalue weighted by atomic mass is 10.1. The molecule has 0 unspecified atom stereocenters. The zero-order valence-electron chi connectivity index (χ0n) is 18.2. The Bertz CT molecular complexity index is 1480. The highest BCUT2D eigenvalue weighted by atomic mass is 35.5. The molecule has 36 heavy (non-hydrogen) atoms. The SMILES string of the molecule is Cc1ccc(NC(=O)c2cccc(C(F)(F)F)c2Cl)cc1Oc1ccc2nc(NC(=O)CCl)sc2n1. The van der Waals surface area contributed by atoms with E-state index in [4.69, 9.17) is 27.9 Å². The summed E-state index contributed by atoms with van der Waals surface area (Å²) >= 11 is 12.5. The normalized spacial score (nSPS) is 11.4. The molecule has 0 fully saturated rings. The van der Waals surface area contributed by atoms with Gasteiger partial charge >= 0.3 is 6.18 Å². The molecule has 0 aliphatic heterocycles. The van der Waals surface area contributed by atoms with Crippen LogP contribution in [0, 0.1) is 6.92 Å². The first-order valence-electron chi connectivity index (χ1n) is 10.1. The third-order valence-corrected chi connectivity index (χ3v) is 6.34. The average molecular weight is 555 g/mol. The van der Waals surface area contributed by atoms with E-state index in [1.54, 1.807) is 31.2 Å². The van der Waals surface area contributed by atoms with Crippen molar-refractivity contribution in [2.24, 2.45) is 0 Å². The van der Waals surface area contributed by atoms with Gasteiger partial charge in [-0.3, -0.25) is 9.59 Å². The first-order chi connectivity index (χ1) is 17.0. The van der Waals surface area contributed by atoms with Crippen LogP contribution in [0.3, 0.4) is 0 Å². The highest BCUT2D eigenvalue weighted by Crippen LogP contribution is 2.37. The monoisotopic (exact) mass is 554 g/mol. The van der Waals surface area contributed by atoms with E-state index in [0.717, 1.165) is 23.5 Å². The predicted molar refractivity (Wildman–Crippen MR) is 132 cm³/mol. The number of alkyl halides is 4. The van der Waals surface area contributed by atoms with Crippen molar-refractivity contribution < 1.29 is 27.5 Å². The fraction of sp³-hybridized carbons (Fsp3) is 0.130. The number of carbonyl (C=O) groups is 2. The summed E-state index contributed by atoms with van der Waals surface area (Å²) in [5, 5.41) is 4.75. The fourth-order valence-corrected chi connectivity index (χ4v) is 4.32. The minimum absolute atomic E-state index is 0.205. The number of hydrogen-bond acceptors (Lipinski definition) is 6. The summed E-state index contributed by atoms with van der Waals surface area (Å²) in [4.78, 5) is 33.3. The second-order valence-corrected chi connectivity index (χ2v) is 9.00. The lowest BCUT2D eigenvalue weighted by Crippen LogP contribution is -2.15. The van der Waals surface area contributed by atoms with Gasteiger partial charge in [0.1, 0.15) is 22.0 Å². The molecule has 0 aliphatic rings. The van der Waals surface area contributed by atoms with Gasteiger partial charge < -0.3 is 15.4 Å². The number of carbonyl (C=O) groups excluding carboxylic acids is 2. The highest BCUT2D eigenvalue weighted by molar-refractivity contribution is 7.22. The number of nitrogens with zero attached hydrogens (tertiary/aromatic N) is 2. The molecule has 0 bridgehead atoms. The molecule has 7 nitrogen and oxygen atoms in total. The van der Waals surface area contributed by atoms with E-state index in [2.05, 4.69) is 20.6 Å². The number of thiazole rings is 1. The van der Waals surface area contributed by atoms with Gasteiger partial charge in [0.15, 0.2) is 5.13 Å². The maximum Gasteiger partial charge on any atom is 0.417 e. The summed E-state index contributed by atoms with van der Waals surface area (Å²) in [6, 6.07) is 11.1. The standard InChI is InChI=1S/C23H15Cl2F3N4O3S/c1-11-5-6-12(29-20(34)13-3-2-4-14(19(13)25)23(26,27)28)9-16(11)35-18-8-7-15-21(32-18)36-22(30-15)31-17(33)10-24/h2-9H,10H2,1H3,(H,29,34)(H,30,31,33). The molecular weight excluding hydrogens is 540 g/mol. The lowest BCUT2D eigenvalue weighted by Gasteiger charge is -2.13. The Kier molecular flexibility index (Phi) is 7.34. The molecule has 0 spiro atoms. The van der Waals surface area contributed by atoms with Crippen LogP contribution < -0.4 is 15.4 Å². The molecule has 2 amide bonds. The van der Waals surface area contributed by atoms with Crippen molar-refractivity contribution in [2.45, 2.75) is 13.1 Å². The van der Waals surface area contributed by atoms with E-state index < -0.39 is 28.6 Å². The Morgan fingerprint density at radius 2 is 1.86 bits per heavy atom. The van der Waals surface area contributed by atoms with Crippen molar-refractivity contribution in [2.75, 3.05) is 16.5 Å². The maximum absolute atomic E-state index is 13.1. The summed E-state index contributed by atoms with van der Waals surface area (Å²) in [7, 11) is 0. The molecule has 13 heteroatoms. The van der Waals surface area contributed by atoms with Gasteiger partial charge in [-0.15, -0.1) is 11.6 Å². The van der Waals surface area contributed by atoms with E-state index in [-0.39, 0.29) is 23.0 Å². The van der Waals surface area contributed by atoms with Gasteiger partial charge in [0.25, 0.3) is 5.91 Å². The van der Waals surface area contributed by atoms with Crippen molar-refractivity contribution in [3.05, 3.63) is 70.2 Å². The van der Waals surface area contributed by atoms with Crippen molar-refractivity contribution in [3.8, 4) is 11.6 Å². The van der Waals surface area contributed by atoms with Gasteiger partial charge in [-0.1, -0.05) is 35.1 Å². The Labute approximate surface area is 216 Å². The van der Waals surface area contributed by atoms with E-state index in [1.807, 2.05) is 0 Å². The Morgan fingerprint density at radius 3 is 2.58 bits per heavy atom. The molecule has 4 aromatic rings. The molecule has 0 saturated carbocycles. The summed E-state index contributed by atoms with van der Waals surface area (Å²) < 4.78 is 45.3. The smallest absolute Gasteiger partial charge is 0.417 e. The molecule has 4 rings (SSSR count). The van der Waals surface area contributed by atoms with Crippen LogP contribution in [0.25, 0.3) is 10.3 Å². The quantitative estimate of drug-likeness (QED) is 0.253. The number of rotatable bonds is 6. The van der Waals surface area contributed by atoms with Crippen molar-refractivity contribution in [1.82, 2.24) is 9.97 Å². The Balaban J connectivity index is 1.54. The van der Waals surface area contributed by atoms with Crippen LogP contribution in [-0.2, 0) is 11.0 Å². The van der Waals surface area contributed by atoms with E-state index in [9.17, 15) is 22.8 Å². The first-order valence-corrected chi connectivity index (χ1v) is 11.9. The number of nitrogens with one attached hydrogen (secondary N) is 2. The van der Waals surface area contributed by atoms with E-state index >= 15 is 0 Å². The number of halogens is 5.